The minimum absolute atomic E-state index is 0.148. The summed E-state index contributed by atoms with van der Waals surface area (Å²) in [6.07, 6.45) is 4.30. The van der Waals surface area contributed by atoms with E-state index in [1.54, 1.807) is 13.8 Å². The van der Waals surface area contributed by atoms with Crippen molar-refractivity contribution in [2.45, 2.75) is 51.7 Å². The summed E-state index contributed by atoms with van der Waals surface area (Å²) in [7, 11) is 0. The lowest BCUT2D eigenvalue weighted by Gasteiger charge is -2.23. The molecule has 0 spiro atoms. The number of aliphatic carboxylic acids is 1. The average Bonchev–Trinajstić information content (AvgIpc) is 2.36. The van der Waals surface area contributed by atoms with Gasteiger partial charge in [0.2, 0.25) is 0 Å². The van der Waals surface area contributed by atoms with E-state index in [0.29, 0.717) is 6.54 Å². The number of carboxylic acid groups (broad SMARTS) is 1. The van der Waals surface area contributed by atoms with Crippen LogP contribution in [0.15, 0.2) is 0 Å². The van der Waals surface area contributed by atoms with Gasteiger partial charge in [-0.2, -0.15) is 0 Å². The first-order chi connectivity index (χ1) is 9.00. The number of nitrogens with one attached hydrogen (secondary N) is 2. The topological polar surface area (TPSA) is 87.7 Å². The van der Waals surface area contributed by atoms with E-state index in [-0.39, 0.29) is 12.0 Å². The van der Waals surface area contributed by atoms with Crippen LogP contribution in [-0.2, 0) is 9.53 Å². The molecular weight excluding hydrogens is 248 g/mol. The predicted molar refractivity (Wildman–Crippen MR) is 71.0 cm³/mol. The van der Waals surface area contributed by atoms with Crippen molar-refractivity contribution in [3.63, 3.8) is 0 Å². The average molecular weight is 272 g/mol. The van der Waals surface area contributed by atoms with Crippen LogP contribution in [-0.4, -0.2) is 42.4 Å². The highest BCUT2D eigenvalue weighted by molar-refractivity contribution is 5.82. The molecular formula is C13H24N2O4. The van der Waals surface area contributed by atoms with Crippen LogP contribution in [0.25, 0.3) is 0 Å². The molecule has 0 aromatic heterocycles. The van der Waals surface area contributed by atoms with Crippen molar-refractivity contribution in [3.05, 3.63) is 0 Å². The molecule has 2 amide bonds. The van der Waals surface area contributed by atoms with Gasteiger partial charge in [0.15, 0.2) is 0 Å². The lowest BCUT2D eigenvalue weighted by atomic mass is 10.1. The Hall–Kier alpha value is -1.30. The molecule has 1 fully saturated rings. The molecule has 3 N–H and O–H groups in total. The molecule has 1 rings (SSSR count). The third-order valence-electron chi connectivity index (χ3n) is 3.25. The van der Waals surface area contributed by atoms with E-state index in [9.17, 15) is 9.59 Å². The van der Waals surface area contributed by atoms with E-state index in [0.717, 1.165) is 25.9 Å². The molecule has 0 bridgehead atoms. The number of carboxylic acids is 1. The molecule has 0 aromatic rings. The first-order valence-electron chi connectivity index (χ1n) is 6.89. The number of amides is 2. The van der Waals surface area contributed by atoms with Gasteiger partial charge >= 0.3 is 12.0 Å². The van der Waals surface area contributed by atoms with Crippen LogP contribution in [0.5, 0.6) is 0 Å². The fourth-order valence-electron chi connectivity index (χ4n) is 2.09. The van der Waals surface area contributed by atoms with Gasteiger partial charge in [-0.1, -0.05) is 13.8 Å². The van der Waals surface area contributed by atoms with Gasteiger partial charge in [0.1, 0.15) is 6.04 Å². The van der Waals surface area contributed by atoms with Crippen molar-refractivity contribution in [1.82, 2.24) is 10.6 Å². The molecule has 2 atom stereocenters. The fraction of sp³-hybridized carbons (Fsp3) is 0.846. The van der Waals surface area contributed by atoms with Crippen LogP contribution >= 0.6 is 0 Å². The van der Waals surface area contributed by atoms with E-state index < -0.39 is 18.0 Å². The number of rotatable bonds is 6. The third kappa shape index (κ3) is 5.92. The zero-order valence-corrected chi connectivity index (χ0v) is 11.6. The van der Waals surface area contributed by atoms with Crippen molar-refractivity contribution >= 4 is 12.0 Å². The van der Waals surface area contributed by atoms with E-state index in [2.05, 4.69) is 10.6 Å². The van der Waals surface area contributed by atoms with Gasteiger partial charge < -0.3 is 20.5 Å². The van der Waals surface area contributed by atoms with Gasteiger partial charge in [-0.25, -0.2) is 9.59 Å². The molecule has 6 heteroatoms. The first-order valence-corrected chi connectivity index (χ1v) is 6.89. The lowest BCUT2D eigenvalue weighted by Crippen LogP contribution is -2.49. The second-order valence-corrected chi connectivity index (χ2v) is 5.24. The Bertz CT molecular complexity index is 301. The van der Waals surface area contributed by atoms with Crippen LogP contribution in [0.1, 0.15) is 39.5 Å². The van der Waals surface area contributed by atoms with Crippen LogP contribution in [0.2, 0.25) is 0 Å². The van der Waals surface area contributed by atoms with Crippen LogP contribution in [0.3, 0.4) is 0 Å². The molecule has 19 heavy (non-hydrogen) atoms. The molecule has 1 aliphatic rings. The van der Waals surface area contributed by atoms with E-state index in [1.165, 1.54) is 6.42 Å². The van der Waals surface area contributed by atoms with Gasteiger partial charge in [0.05, 0.1) is 6.10 Å². The number of hydrogen-bond acceptors (Lipinski definition) is 3. The minimum atomic E-state index is -1.01. The first kappa shape index (κ1) is 15.8. The summed E-state index contributed by atoms with van der Waals surface area (Å²) in [5, 5.41) is 14.1. The van der Waals surface area contributed by atoms with Gasteiger partial charge in [-0.3, -0.25) is 0 Å². The maximum atomic E-state index is 11.6. The third-order valence-corrected chi connectivity index (χ3v) is 3.25. The monoisotopic (exact) mass is 272 g/mol. The summed E-state index contributed by atoms with van der Waals surface area (Å²) >= 11 is 0. The number of urea groups is 1. The van der Waals surface area contributed by atoms with Crippen LogP contribution in [0, 0.1) is 5.92 Å². The number of ether oxygens (including phenoxy) is 1. The Balaban J connectivity index is 2.21. The Kier molecular flexibility index (Phi) is 6.62. The van der Waals surface area contributed by atoms with Crippen molar-refractivity contribution in [2.24, 2.45) is 5.92 Å². The molecule has 0 aliphatic carbocycles. The van der Waals surface area contributed by atoms with Crippen LogP contribution in [0.4, 0.5) is 4.79 Å². The standard InChI is InChI=1S/C13H24N2O4/c1-9(2)11(12(16)17)15-13(18)14-7-6-10-5-3-4-8-19-10/h9-11H,3-8H2,1-2H3,(H,16,17)(H2,14,15,18)/t10?,11-/m1/s1. The summed E-state index contributed by atoms with van der Waals surface area (Å²) in [6, 6.07) is -1.29. The maximum absolute atomic E-state index is 11.6. The summed E-state index contributed by atoms with van der Waals surface area (Å²) in [6.45, 7) is 4.82. The van der Waals surface area contributed by atoms with Gasteiger partial charge in [-0.05, 0) is 31.6 Å². The fourth-order valence-corrected chi connectivity index (χ4v) is 2.09. The van der Waals surface area contributed by atoms with Crippen LogP contribution < -0.4 is 10.6 Å². The maximum Gasteiger partial charge on any atom is 0.326 e. The summed E-state index contributed by atoms with van der Waals surface area (Å²) < 4.78 is 5.55. The Morgan fingerprint density at radius 2 is 2.11 bits per heavy atom. The second-order valence-electron chi connectivity index (χ2n) is 5.24. The molecule has 6 nitrogen and oxygen atoms in total. The smallest absolute Gasteiger partial charge is 0.326 e. The highest BCUT2D eigenvalue weighted by Crippen LogP contribution is 2.14. The van der Waals surface area contributed by atoms with E-state index in [1.807, 2.05) is 0 Å². The number of carbonyl (C=O) groups excluding carboxylic acids is 1. The predicted octanol–water partition coefficient (Wildman–Crippen LogP) is 1.35. The number of carbonyl (C=O) groups is 2. The van der Waals surface area contributed by atoms with Gasteiger partial charge in [-0.15, -0.1) is 0 Å². The van der Waals surface area contributed by atoms with Crippen molar-refractivity contribution in [3.8, 4) is 0 Å². The van der Waals surface area contributed by atoms with Gasteiger partial charge in [0.25, 0.3) is 0 Å². The molecule has 1 aliphatic heterocycles. The summed E-state index contributed by atoms with van der Waals surface area (Å²) in [5.74, 6) is -1.16. The van der Waals surface area contributed by atoms with Crippen molar-refractivity contribution in [2.75, 3.05) is 13.2 Å². The molecule has 0 radical (unpaired) electrons. The molecule has 1 unspecified atom stereocenters. The minimum Gasteiger partial charge on any atom is -0.480 e. The molecule has 0 saturated carbocycles. The second kappa shape index (κ2) is 7.99. The zero-order valence-electron chi connectivity index (χ0n) is 11.6. The molecule has 1 heterocycles. The lowest BCUT2D eigenvalue weighted by molar-refractivity contribution is -0.140. The van der Waals surface area contributed by atoms with Crippen molar-refractivity contribution < 1.29 is 19.4 Å². The molecule has 110 valence electrons. The van der Waals surface area contributed by atoms with Crippen molar-refractivity contribution in [1.29, 1.82) is 0 Å². The molecule has 1 saturated heterocycles. The Morgan fingerprint density at radius 3 is 2.63 bits per heavy atom. The zero-order chi connectivity index (χ0) is 14.3. The highest BCUT2D eigenvalue weighted by atomic mass is 16.5. The Morgan fingerprint density at radius 1 is 1.37 bits per heavy atom. The quantitative estimate of drug-likeness (QED) is 0.681. The van der Waals surface area contributed by atoms with E-state index >= 15 is 0 Å². The normalized spacial score (nSPS) is 20.9. The largest absolute Gasteiger partial charge is 0.480 e. The SMILES string of the molecule is CC(C)[C@@H](NC(=O)NCCC1CCCCO1)C(=O)O. The van der Waals surface area contributed by atoms with Gasteiger partial charge in [0, 0.05) is 13.2 Å². The Labute approximate surface area is 113 Å². The highest BCUT2D eigenvalue weighted by Gasteiger charge is 2.23. The summed E-state index contributed by atoms with van der Waals surface area (Å²) in [4.78, 5) is 22.5. The van der Waals surface area contributed by atoms with E-state index in [4.69, 9.17) is 9.84 Å². The molecule has 0 aromatic carbocycles. The summed E-state index contributed by atoms with van der Waals surface area (Å²) in [5.41, 5.74) is 0. The number of hydrogen-bond donors (Lipinski definition) is 3.